The fourth-order valence-corrected chi connectivity index (χ4v) is 4.88. The number of benzene rings is 2. The number of nitrogens with zero attached hydrogens (tertiary/aromatic N) is 2. The number of aryl methyl sites for hydroxylation is 1. The third-order valence-electron chi connectivity index (χ3n) is 4.56. The lowest BCUT2D eigenvalue weighted by Gasteiger charge is -2.04. The van der Waals surface area contributed by atoms with Gasteiger partial charge in [0.25, 0.3) is 5.91 Å². The average molecular weight is 470 g/mol. The number of carboxylic acid groups (broad SMARTS) is 1. The first-order chi connectivity index (χ1) is 15.3. The van der Waals surface area contributed by atoms with E-state index in [2.05, 4.69) is 15.3 Å². The van der Waals surface area contributed by atoms with E-state index < -0.39 is 23.1 Å². The minimum absolute atomic E-state index is 0.0151. The smallest absolute Gasteiger partial charge is 0.339 e. The van der Waals surface area contributed by atoms with Gasteiger partial charge in [-0.1, -0.05) is 18.2 Å². The Morgan fingerprint density at radius 2 is 1.91 bits per heavy atom. The van der Waals surface area contributed by atoms with E-state index in [0.29, 0.717) is 21.3 Å². The first kappa shape index (κ1) is 21.6. The van der Waals surface area contributed by atoms with Crippen LogP contribution >= 0.6 is 22.7 Å². The summed E-state index contributed by atoms with van der Waals surface area (Å²) >= 11 is 2.54. The van der Waals surface area contributed by atoms with Gasteiger partial charge in [0.15, 0.2) is 0 Å². The second-order valence-electron chi connectivity index (χ2n) is 6.76. The number of halogens is 1. The molecule has 32 heavy (non-hydrogen) atoms. The molecule has 162 valence electrons. The van der Waals surface area contributed by atoms with Gasteiger partial charge in [0.1, 0.15) is 27.1 Å². The van der Waals surface area contributed by atoms with Crippen LogP contribution in [0.15, 0.2) is 47.8 Å². The summed E-state index contributed by atoms with van der Waals surface area (Å²) in [5, 5.41) is 24.5. The average Bonchev–Trinajstić information content (AvgIpc) is 3.40. The van der Waals surface area contributed by atoms with E-state index >= 15 is 0 Å². The number of aromatic nitrogens is 2. The molecule has 2 aromatic carbocycles. The van der Waals surface area contributed by atoms with Gasteiger partial charge in [0.2, 0.25) is 0 Å². The standard InChI is InChI=1S/C22H16FN3O4S2/c1-11-19(32-18(25-11)9-24-20(28)12-5-3-2-4-6-12)16-10-31-21(26-16)13-8-17(27)14(22(29)30)7-15(13)23/h2-8,10,27H,9H2,1H3,(H,24,28)(H,29,30). The van der Waals surface area contributed by atoms with Gasteiger partial charge in [-0.25, -0.2) is 19.2 Å². The monoisotopic (exact) mass is 469 g/mol. The molecule has 0 spiro atoms. The summed E-state index contributed by atoms with van der Waals surface area (Å²) in [7, 11) is 0. The number of hydrogen-bond donors (Lipinski definition) is 3. The normalized spacial score (nSPS) is 10.8. The number of thiazole rings is 2. The highest BCUT2D eigenvalue weighted by Crippen LogP contribution is 2.36. The molecule has 0 unspecified atom stereocenters. The topological polar surface area (TPSA) is 112 Å². The van der Waals surface area contributed by atoms with Crippen LogP contribution in [0.2, 0.25) is 0 Å². The van der Waals surface area contributed by atoms with Crippen LogP contribution in [0.1, 0.15) is 31.4 Å². The molecule has 0 fully saturated rings. The molecule has 0 aliphatic rings. The molecule has 0 saturated heterocycles. The second-order valence-corrected chi connectivity index (χ2v) is 8.70. The SMILES string of the molecule is Cc1nc(CNC(=O)c2ccccc2)sc1-c1csc(-c2cc(O)c(C(=O)O)cc2F)n1. The van der Waals surface area contributed by atoms with Crippen molar-refractivity contribution in [3.8, 4) is 26.9 Å². The number of aromatic hydroxyl groups is 1. The van der Waals surface area contributed by atoms with Gasteiger partial charge in [-0.05, 0) is 31.2 Å². The van der Waals surface area contributed by atoms with Crippen LogP contribution in [0.25, 0.3) is 21.1 Å². The van der Waals surface area contributed by atoms with Gasteiger partial charge < -0.3 is 15.5 Å². The van der Waals surface area contributed by atoms with Crippen molar-refractivity contribution in [2.45, 2.75) is 13.5 Å². The zero-order valence-electron chi connectivity index (χ0n) is 16.6. The largest absolute Gasteiger partial charge is 0.507 e. The highest BCUT2D eigenvalue weighted by molar-refractivity contribution is 7.16. The molecule has 4 aromatic rings. The van der Waals surface area contributed by atoms with Crippen LogP contribution in [0.4, 0.5) is 4.39 Å². The molecule has 0 atom stereocenters. The van der Waals surface area contributed by atoms with Crippen LogP contribution in [-0.4, -0.2) is 32.1 Å². The van der Waals surface area contributed by atoms with Gasteiger partial charge in [0, 0.05) is 16.5 Å². The van der Waals surface area contributed by atoms with Crippen LogP contribution < -0.4 is 5.32 Å². The minimum Gasteiger partial charge on any atom is -0.507 e. The summed E-state index contributed by atoms with van der Waals surface area (Å²) in [6.45, 7) is 2.08. The third kappa shape index (κ3) is 4.36. The maximum Gasteiger partial charge on any atom is 0.339 e. The van der Waals surface area contributed by atoms with Crippen LogP contribution in [0.3, 0.4) is 0 Å². The first-order valence-electron chi connectivity index (χ1n) is 9.35. The van der Waals surface area contributed by atoms with Crippen molar-refractivity contribution >= 4 is 34.6 Å². The molecule has 0 bridgehead atoms. The number of hydrogen-bond acceptors (Lipinski definition) is 7. The summed E-state index contributed by atoms with van der Waals surface area (Å²) in [5.74, 6) is -2.93. The number of amides is 1. The number of carbonyl (C=O) groups excluding carboxylic acids is 1. The molecule has 2 aromatic heterocycles. The fourth-order valence-electron chi connectivity index (χ4n) is 3.01. The number of rotatable bonds is 6. The van der Waals surface area contributed by atoms with Crippen LogP contribution in [0.5, 0.6) is 5.75 Å². The molecular formula is C22H16FN3O4S2. The molecule has 3 N–H and O–H groups in total. The zero-order chi connectivity index (χ0) is 22.8. The van der Waals surface area contributed by atoms with Crippen molar-refractivity contribution in [3.63, 3.8) is 0 Å². The maximum absolute atomic E-state index is 14.4. The zero-order valence-corrected chi connectivity index (χ0v) is 18.3. The number of carbonyl (C=O) groups is 2. The van der Waals surface area contributed by atoms with Crippen molar-refractivity contribution in [3.05, 3.63) is 75.5 Å². The third-order valence-corrected chi connectivity index (χ3v) is 6.62. The van der Waals surface area contributed by atoms with E-state index in [1.807, 2.05) is 13.0 Å². The quantitative estimate of drug-likeness (QED) is 0.377. The summed E-state index contributed by atoms with van der Waals surface area (Å²) in [4.78, 5) is 33.0. The van der Waals surface area contributed by atoms with Crippen molar-refractivity contribution in [2.24, 2.45) is 0 Å². The predicted octanol–water partition coefficient (Wildman–Crippen LogP) is 4.71. The van der Waals surface area contributed by atoms with E-state index in [4.69, 9.17) is 5.11 Å². The van der Waals surface area contributed by atoms with Gasteiger partial charge in [-0.2, -0.15) is 0 Å². The van der Waals surface area contributed by atoms with Crippen LogP contribution in [0, 0.1) is 12.7 Å². The highest BCUT2D eigenvalue weighted by Gasteiger charge is 2.19. The highest BCUT2D eigenvalue weighted by atomic mass is 32.1. The van der Waals surface area contributed by atoms with Crippen molar-refractivity contribution in [2.75, 3.05) is 0 Å². The molecule has 0 aliphatic heterocycles. The number of aromatic carboxylic acids is 1. The van der Waals surface area contributed by atoms with E-state index in [1.165, 1.54) is 22.7 Å². The predicted molar refractivity (Wildman–Crippen MR) is 120 cm³/mol. The summed E-state index contributed by atoms with van der Waals surface area (Å²) < 4.78 is 14.4. The van der Waals surface area contributed by atoms with E-state index in [1.54, 1.807) is 29.6 Å². The van der Waals surface area contributed by atoms with Gasteiger partial charge in [-0.3, -0.25) is 4.79 Å². The Kier molecular flexibility index (Phi) is 5.97. The number of phenols is 1. The van der Waals surface area contributed by atoms with Gasteiger partial charge >= 0.3 is 5.97 Å². The molecule has 0 radical (unpaired) electrons. The molecule has 0 aliphatic carbocycles. The van der Waals surface area contributed by atoms with E-state index in [0.717, 1.165) is 22.7 Å². The molecular weight excluding hydrogens is 453 g/mol. The van der Waals surface area contributed by atoms with E-state index in [9.17, 15) is 19.1 Å². The van der Waals surface area contributed by atoms with Crippen molar-refractivity contribution in [1.29, 1.82) is 0 Å². The van der Waals surface area contributed by atoms with Gasteiger partial charge in [0.05, 0.1) is 22.8 Å². The molecule has 1 amide bonds. The van der Waals surface area contributed by atoms with Crippen LogP contribution in [-0.2, 0) is 6.54 Å². The Morgan fingerprint density at radius 3 is 2.62 bits per heavy atom. The summed E-state index contributed by atoms with van der Waals surface area (Å²) in [6, 6.07) is 10.7. The Bertz CT molecular complexity index is 1320. The summed E-state index contributed by atoms with van der Waals surface area (Å²) in [6.07, 6.45) is 0. The number of carboxylic acids is 1. The lowest BCUT2D eigenvalue weighted by atomic mass is 10.1. The molecule has 0 saturated carbocycles. The Hall–Kier alpha value is -3.63. The lowest BCUT2D eigenvalue weighted by Crippen LogP contribution is -2.22. The number of nitrogens with one attached hydrogen (secondary N) is 1. The van der Waals surface area contributed by atoms with E-state index in [-0.39, 0.29) is 18.0 Å². The molecule has 10 heteroatoms. The minimum atomic E-state index is -1.42. The first-order valence-corrected chi connectivity index (χ1v) is 11.0. The Balaban J connectivity index is 1.54. The molecule has 4 rings (SSSR count). The van der Waals surface area contributed by atoms with Crippen molar-refractivity contribution < 1.29 is 24.2 Å². The Morgan fingerprint density at radius 1 is 1.16 bits per heavy atom. The van der Waals surface area contributed by atoms with Gasteiger partial charge in [-0.15, -0.1) is 22.7 Å². The summed E-state index contributed by atoms with van der Waals surface area (Å²) in [5.41, 5.74) is 1.37. The molecule has 7 nitrogen and oxygen atoms in total. The maximum atomic E-state index is 14.4. The lowest BCUT2D eigenvalue weighted by molar-refractivity contribution is 0.0693. The second kappa shape index (κ2) is 8.85. The fraction of sp³-hybridized carbons (Fsp3) is 0.0909. The Labute approximate surface area is 189 Å². The molecule has 2 heterocycles. The van der Waals surface area contributed by atoms with Crippen molar-refractivity contribution in [1.82, 2.24) is 15.3 Å².